The zero-order valence-electron chi connectivity index (χ0n) is 19.1. The highest BCUT2D eigenvalue weighted by Gasteiger charge is 2.38. The van der Waals surface area contributed by atoms with E-state index in [0.717, 1.165) is 32.4 Å². The molecule has 0 spiro atoms. The van der Waals surface area contributed by atoms with Crippen molar-refractivity contribution in [2.45, 2.75) is 63.0 Å². The van der Waals surface area contributed by atoms with Crippen LogP contribution in [-0.4, -0.2) is 29.9 Å². The van der Waals surface area contributed by atoms with Crippen molar-refractivity contribution in [3.05, 3.63) is 70.8 Å². The van der Waals surface area contributed by atoms with E-state index in [0.29, 0.717) is 30.9 Å². The molecule has 35 heavy (non-hydrogen) atoms. The first-order valence-corrected chi connectivity index (χ1v) is 11.9. The molecule has 1 amide bonds. The van der Waals surface area contributed by atoms with Gasteiger partial charge in [0.05, 0.1) is 11.1 Å². The Hall–Kier alpha value is -2.55. The van der Waals surface area contributed by atoms with Crippen molar-refractivity contribution in [2.75, 3.05) is 13.1 Å². The number of carbonyl (C=O) groups excluding carboxylic acids is 1. The van der Waals surface area contributed by atoms with Crippen molar-refractivity contribution in [3.8, 4) is 0 Å². The van der Waals surface area contributed by atoms with Crippen molar-refractivity contribution >= 4 is 5.91 Å². The van der Waals surface area contributed by atoms with Crippen molar-refractivity contribution < 1.29 is 31.1 Å². The Bertz CT molecular complexity index is 980. The molecule has 0 bridgehead atoms. The van der Waals surface area contributed by atoms with Crippen molar-refractivity contribution in [3.63, 3.8) is 0 Å². The summed E-state index contributed by atoms with van der Waals surface area (Å²) in [4.78, 5) is 15.1. The zero-order chi connectivity index (χ0) is 25.2. The van der Waals surface area contributed by atoms with Gasteiger partial charge in [-0.25, -0.2) is 0 Å². The molecule has 0 aromatic heterocycles. The van der Waals surface area contributed by atoms with Gasteiger partial charge >= 0.3 is 12.4 Å². The maximum Gasteiger partial charge on any atom is 0.416 e. The number of hydrogen-bond donors (Lipinski definition) is 1. The van der Waals surface area contributed by atoms with Crippen LogP contribution in [0.1, 0.15) is 60.3 Å². The number of carbonyl (C=O) groups is 1. The third-order valence-corrected chi connectivity index (χ3v) is 7.21. The predicted molar refractivity (Wildman–Crippen MR) is 119 cm³/mol. The Labute approximate surface area is 200 Å². The number of likely N-dealkylation sites (tertiary alicyclic amines) is 1. The van der Waals surface area contributed by atoms with Gasteiger partial charge in [0.2, 0.25) is 5.91 Å². The number of nitrogens with zero attached hydrogens (tertiary/aromatic N) is 1. The molecule has 2 aromatic rings. The number of rotatable bonds is 5. The standard InChI is InChI=1S/C26H28F6N2O/c27-25(28,29)21-12-17(13-22(15-21)26(30,31)32)16-33-24(35)20-6-7-23(14-20)34-10-8-19(9-11-34)18-4-2-1-3-5-18/h1-5,12-13,15,19-20,23H,6-11,14,16H2,(H,33,35)/t20-,23-/m1/s1. The SMILES string of the molecule is O=C(NCc1cc(C(F)(F)F)cc(C(F)(F)F)c1)[C@@H]1CC[C@@H](N2CCC(c3ccccc3)CC2)C1. The lowest BCUT2D eigenvalue weighted by atomic mass is 9.89. The van der Waals surface area contributed by atoms with Crippen LogP contribution in [0.15, 0.2) is 48.5 Å². The van der Waals surface area contributed by atoms with Crippen LogP contribution < -0.4 is 5.32 Å². The van der Waals surface area contributed by atoms with Gasteiger partial charge in [0.15, 0.2) is 0 Å². The number of nitrogens with one attached hydrogen (secondary N) is 1. The third kappa shape index (κ3) is 6.37. The van der Waals surface area contributed by atoms with Crippen LogP contribution in [-0.2, 0) is 23.7 Å². The van der Waals surface area contributed by atoms with Gasteiger partial charge < -0.3 is 10.2 Å². The van der Waals surface area contributed by atoms with E-state index >= 15 is 0 Å². The van der Waals surface area contributed by atoms with Crippen LogP contribution in [0.4, 0.5) is 26.3 Å². The Kier molecular flexibility index (Phi) is 7.45. The summed E-state index contributed by atoms with van der Waals surface area (Å²) in [6.07, 6.45) is -5.55. The smallest absolute Gasteiger partial charge is 0.352 e. The molecule has 0 unspecified atom stereocenters. The molecule has 2 aliphatic rings. The first-order chi connectivity index (χ1) is 16.5. The Morgan fingerprint density at radius 3 is 2.03 bits per heavy atom. The normalized spacial score (nSPS) is 22.3. The quantitative estimate of drug-likeness (QED) is 0.485. The van der Waals surface area contributed by atoms with Crippen LogP contribution in [0.2, 0.25) is 0 Å². The molecule has 3 nitrogen and oxygen atoms in total. The summed E-state index contributed by atoms with van der Waals surface area (Å²) < 4.78 is 78.4. The topological polar surface area (TPSA) is 32.3 Å². The molecule has 1 heterocycles. The summed E-state index contributed by atoms with van der Waals surface area (Å²) >= 11 is 0. The Balaban J connectivity index is 1.31. The van der Waals surface area contributed by atoms with E-state index in [1.165, 1.54) is 5.56 Å². The molecule has 190 valence electrons. The Morgan fingerprint density at radius 2 is 1.46 bits per heavy atom. The summed E-state index contributed by atoms with van der Waals surface area (Å²) in [5, 5.41) is 2.56. The maximum absolute atomic E-state index is 13.1. The lowest BCUT2D eigenvalue weighted by Gasteiger charge is -2.36. The summed E-state index contributed by atoms with van der Waals surface area (Å²) in [6, 6.07) is 12.1. The van der Waals surface area contributed by atoms with Gasteiger partial charge in [0, 0.05) is 18.5 Å². The number of piperidine rings is 1. The van der Waals surface area contributed by atoms with E-state index in [1.807, 2.05) is 18.2 Å². The largest absolute Gasteiger partial charge is 0.416 e. The number of halogens is 6. The van der Waals surface area contributed by atoms with E-state index in [2.05, 4.69) is 22.3 Å². The fraction of sp³-hybridized carbons (Fsp3) is 0.500. The predicted octanol–water partition coefficient (Wildman–Crippen LogP) is 6.39. The minimum absolute atomic E-state index is 0.0911. The first-order valence-electron chi connectivity index (χ1n) is 11.9. The molecular formula is C26H28F6N2O. The van der Waals surface area contributed by atoms with Crippen LogP contribution in [0, 0.1) is 5.92 Å². The highest BCUT2D eigenvalue weighted by atomic mass is 19.4. The second-order valence-electron chi connectivity index (χ2n) is 9.52. The van der Waals surface area contributed by atoms with E-state index in [9.17, 15) is 31.1 Å². The molecule has 2 atom stereocenters. The van der Waals surface area contributed by atoms with Crippen molar-refractivity contribution in [2.24, 2.45) is 5.92 Å². The van der Waals surface area contributed by atoms with E-state index in [4.69, 9.17) is 0 Å². The van der Waals surface area contributed by atoms with Gasteiger partial charge in [-0.2, -0.15) is 26.3 Å². The van der Waals surface area contributed by atoms with Gasteiger partial charge in [-0.05, 0) is 80.4 Å². The summed E-state index contributed by atoms with van der Waals surface area (Å²) in [5.41, 5.74) is -1.63. The summed E-state index contributed by atoms with van der Waals surface area (Å²) in [5.74, 6) is -0.0839. The lowest BCUT2D eigenvalue weighted by Crippen LogP contribution is -2.40. The molecule has 1 aliphatic heterocycles. The number of alkyl halides is 6. The van der Waals surface area contributed by atoms with Gasteiger partial charge in [-0.15, -0.1) is 0 Å². The molecule has 0 radical (unpaired) electrons. The highest BCUT2D eigenvalue weighted by Crippen LogP contribution is 2.37. The minimum Gasteiger partial charge on any atom is -0.352 e. The molecule has 1 aliphatic carbocycles. The highest BCUT2D eigenvalue weighted by molar-refractivity contribution is 5.79. The van der Waals surface area contributed by atoms with Crippen molar-refractivity contribution in [1.29, 1.82) is 0 Å². The van der Waals surface area contributed by atoms with Crippen LogP contribution >= 0.6 is 0 Å². The van der Waals surface area contributed by atoms with Crippen LogP contribution in [0.25, 0.3) is 0 Å². The molecule has 1 saturated heterocycles. The average Bonchev–Trinajstić information content (AvgIpc) is 3.32. The average molecular weight is 499 g/mol. The third-order valence-electron chi connectivity index (χ3n) is 7.21. The van der Waals surface area contributed by atoms with Gasteiger partial charge in [0.1, 0.15) is 0 Å². The molecule has 2 fully saturated rings. The molecule has 4 rings (SSSR count). The van der Waals surface area contributed by atoms with Crippen molar-refractivity contribution in [1.82, 2.24) is 10.2 Å². The number of amides is 1. The summed E-state index contributed by atoms with van der Waals surface area (Å²) in [7, 11) is 0. The summed E-state index contributed by atoms with van der Waals surface area (Å²) in [6.45, 7) is 1.52. The van der Waals surface area contributed by atoms with Gasteiger partial charge in [-0.3, -0.25) is 4.79 Å². The van der Waals surface area contributed by atoms with E-state index in [1.54, 1.807) is 0 Å². The Morgan fingerprint density at radius 1 is 0.857 bits per heavy atom. The van der Waals surface area contributed by atoms with Gasteiger partial charge in [-0.1, -0.05) is 30.3 Å². The molecule has 1 saturated carbocycles. The zero-order valence-corrected chi connectivity index (χ0v) is 19.1. The number of hydrogen-bond acceptors (Lipinski definition) is 2. The molecule has 1 N–H and O–H groups in total. The number of benzene rings is 2. The van der Waals surface area contributed by atoms with E-state index < -0.39 is 23.5 Å². The van der Waals surface area contributed by atoms with Crippen LogP contribution in [0.3, 0.4) is 0 Å². The van der Waals surface area contributed by atoms with E-state index in [-0.39, 0.29) is 36.0 Å². The monoisotopic (exact) mass is 498 g/mol. The first kappa shape index (κ1) is 25.5. The fourth-order valence-electron chi connectivity index (χ4n) is 5.31. The molecular weight excluding hydrogens is 470 g/mol. The molecule has 2 aromatic carbocycles. The fourth-order valence-corrected chi connectivity index (χ4v) is 5.31. The molecule has 9 heteroatoms. The second-order valence-corrected chi connectivity index (χ2v) is 9.52. The lowest BCUT2D eigenvalue weighted by molar-refractivity contribution is -0.143. The second kappa shape index (κ2) is 10.2. The van der Waals surface area contributed by atoms with Gasteiger partial charge in [0.25, 0.3) is 0 Å². The maximum atomic E-state index is 13.1. The van der Waals surface area contributed by atoms with Crippen LogP contribution in [0.5, 0.6) is 0 Å². The minimum atomic E-state index is -4.91.